The van der Waals surface area contributed by atoms with Crippen LogP contribution < -0.4 is 5.32 Å². The van der Waals surface area contributed by atoms with E-state index in [-0.39, 0.29) is 28.9 Å². The number of aliphatic imine (C=N–C) groups is 1. The van der Waals surface area contributed by atoms with Crippen molar-refractivity contribution in [3.63, 3.8) is 0 Å². The zero-order chi connectivity index (χ0) is 28.8. The molecule has 0 saturated carbocycles. The molecule has 0 bridgehead atoms. The maximum absolute atomic E-state index is 14.6. The minimum atomic E-state index is -1.21. The van der Waals surface area contributed by atoms with Crippen molar-refractivity contribution in [2.45, 2.75) is 31.7 Å². The van der Waals surface area contributed by atoms with Gasteiger partial charge in [0.2, 0.25) is 0 Å². The summed E-state index contributed by atoms with van der Waals surface area (Å²) in [5, 5.41) is 6.13. The maximum atomic E-state index is 14.6. The van der Waals surface area contributed by atoms with Crippen LogP contribution in [-0.4, -0.2) is 42.0 Å². The maximum Gasteiger partial charge on any atom is 0.338 e. The number of aryl methyl sites for hydroxylation is 1. The third kappa shape index (κ3) is 4.98. The van der Waals surface area contributed by atoms with Crippen molar-refractivity contribution in [3.8, 4) is 0 Å². The molecular formula is C28H23ClF2N4O4S2. The predicted octanol–water partition coefficient (Wildman–Crippen LogP) is 5.43. The number of benzene rings is 1. The fourth-order valence-corrected chi connectivity index (χ4v) is 7.38. The van der Waals surface area contributed by atoms with Gasteiger partial charge in [0.15, 0.2) is 22.5 Å². The number of hydrogen-bond donors (Lipinski definition) is 1. The molecule has 3 heterocycles. The SMILES string of the molecule is COC(=O)C1=C(C2CCc3nc(C4=C[C@@H](C(=O)OC)C4)sc3C2)NC(c2nccs2)=NC1c1ccc(F)c(F)c1Cl. The summed E-state index contributed by atoms with van der Waals surface area (Å²) in [4.78, 5) is 40.1. The highest BCUT2D eigenvalue weighted by Gasteiger charge is 2.39. The molecular weight excluding hydrogens is 594 g/mol. The van der Waals surface area contributed by atoms with Gasteiger partial charge in [-0.15, -0.1) is 22.7 Å². The number of nitrogens with zero attached hydrogens (tertiary/aromatic N) is 3. The Kier molecular flexibility index (Phi) is 7.47. The fraction of sp³-hybridized carbons (Fsp3) is 0.321. The molecule has 13 heteroatoms. The molecule has 0 spiro atoms. The van der Waals surface area contributed by atoms with Crippen LogP contribution in [0.4, 0.5) is 8.78 Å². The highest BCUT2D eigenvalue weighted by atomic mass is 35.5. The van der Waals surface area contributed by atoms with Gasteiger partial charge in [0, 0.05) is 33.6 Å². The van der Waals surface area contributed by atoms with Gasteiger partial charge < -0.3 is 14.8 Å². The average molecular weight is 617 g/mol. The van der Waals surface area contributed by atoms with Crippen LogP contribution in [0.5, 0.6) is 0 Å². The van der Waals surface area contributed by atoms with Gasteiger partial charge >= 0.3 is 11.9 Å². The number of aromatic nitrogens is 2. The summed E-state index contributed by atoms with van der Waals surface area (Å²) < 4.78 is 38.5. The summed E-state index contributed by atoms with van der Waals surface area (Å²) in [5.41, 5.74) is 2.92. The van der Waals surface area contributed by atoms with Gasteiger partial charge in [0.25, 0.3) is 0 Å². The van der Waals surface area contributed by atoms with Crippen molar-refractivity contribution in [1.82, 2.24) is 15.3 Å². The van der Waals surface area contributed by atoms with Crippen LogP contribution >= 0.6 is 34.3 Å². The second kappa shape index (κ2) is 11.1. The number of rotatable bonds is 6. The number of thiazole rings is 2. The summed E-state index contributed by atoms with van der Waals surface area (Å²) in [7, 11) is 2.64. The molecule has 1 aromatic carbocycles. The third-order valence-electron chi connectivity index (χ3n) is 7.44. The minimum absolute atomic E-state index is 0.146. The summed E-state index contributed by atoms with van der Waals surface area (Å²) in [6.07, 6.45) is 6.05. The molecule has 2 aromatic heterocycles. The van der Waals surface area contributed by atoms with Crippen molar-refractivity contribution >= 4 is 57.6 Å². The fourth-order valence-electron chi connectivity index (χ4n) is 5.31. The number of esters is 2. The van der Waals surface area contributed by atoms with Crippen LogP contribution in [0.15, 0.2) is 46.0 Å². The van der Waals surface area contributed by atoms with E-state index < -0.39 is 28.7 Å². The van der Waals surface area contributed by atoms with Crippen molar-refractivity contribution in [3.05, 3.63) is 83.9 Å². The highest BCUT2D eigenvalue weighted by Crippen LogP contribution is 2.44. The van der Waals surface area contributed by atoms with E-state index in [1.807, 2.05) is 6.08 Å². The van der Waals surface area contributed by atoms with Gasteiger partial charge in [-0.3, -0.25) is 9.79 Å². The standard InChI is InChI=1S/C28H23ClF2N4O4S2/c1-38-27(36)14-9-13(10-14)25-33-17-6-3-12(11-18(17)41-25)22-19(28(37)39-2)23(15-4-5-16(30)21(31)20(15)29)35-24(34-22)26-32-7-8-40-26/h4-5,7-9,12,14,23H,3,6,10-11H2,1-2H3,(H,34,35)/t12?,14-,23?/m1/s1. The molecule has 41 heavy (non-hydrogen) atoms. The summed E-state index contributed by atoms with van der Waals surface area (Å²) >= 11 is 9.20. The Labute approximate surface area is 246 Å². The Morgan fingerprint density at radius 2 is 1.95 bits per heavy atom. The molecule has 2 unspecified atom stereocenters. The van der Waals surface area contributed by atoms with Crippen molar-refractivity contribution in [2.75, 3.05) is 14.2 Å². The van der Waals surface area contributed by atoms with Crippen LogP contribution in [0.2, 0.25) is 5.02 Å². The molecule has 1 aliphatic heterocycles. The Morgan fingerprint density at radius 1 is 1.15 bits per heavy atom. The summed E-state index contributed by atoms with van der Waals surface area (Å²) in [6, 6.07) is 1.26. The lowest BCUT2D eigenvalue weighted by molar-refractivity contribution is -0.144. The van der Waals surface area contributed by atoms with Crippen LogP contribution in [0, 0.1) is 23.5 Å². The van der Waals surface area contributed by atoms with Crippen LogP contribution in [0.3, 0.4) is 0 Å². The molecule has 212 valence electrons. The number of carbonyl (C=O) groups excluding carboxylic acids is 2. The van der Waals surface area contributed by atoms with E-state index in [0.717, 1.165) is 27.2 Å². The monoisotopic (exact) mass is 616 g/mol. The Bertz CT molecular complexity index is 1650. The van der Waals surface area contributed by atoms with Gasteiger partial charge in [-0.2, -0.15) is 0 Å². The Balaban J connectivity index is 1.39. The molecule has 0 amide bonds. The van der Waals surface area contributed by atoms with E-state index >= 15 is 0 Å². The van der Waals surface area contributed by atoms with Crippen molar-refractivity contribution in [1.29, 1.82) is 0 Å². The number of ether oxygens (including phenoxy) is 2. The zero-order valence-electron chi connectivity index (χ0n) is 21.9. The van der Waals surface area contributed by atoms with E-state index in [0.29, 0.717) is 42.2 Å². The average Bonchev–Trinajstić information content (AvgIpc) is 3.64. The second-order valence-electron chi connectivity index (χ2n) is 9.78. The number of carbonyl (C=O) groups is 2. The van der Waals surface area contributed by atoms with Gasteiger partial charge in [-0.25, -0.2) is 23.5 Å². The highest BCUT2D eigenvalue weighted by molar-refractivity contribution is 7.13. The molecule has 2 aliphatic carbocycles. The van der Waals surface area contributed by atoms with E-state index in [9.17, 15) is 18.4 Å². The molecule has 1 N–H and O–H groups in total. The van der Waals surface area contributed by atoms with Gasteiger partial charge in [0.1, 0.15) is 11.0 Å². The lowest BCUT2D eigenvalue weighted by atomic mass is 9.83. The summed E-state index contributed by atoms with van der Waals surface area (Å²) in [6.45, 7) is 0. The molecule has 0 saturated heterocycles. The van der Waals surface area contributed by atoms with Gasteiger partial charge in [0.05, 0.1) is 36.4 Å². The largest absolute Gasteiger partial charge is 0.469 e. The third-order valence-corrected chi connectivity index (χ3v) is 9.80. The molecule has 3 aliphatic rings. The van der Waals surface area contributed by atoms with Crippen molar-refractivity contribution < 1.29 is 27.8 Å². The van der Waals surface area contributed by atoms with Crippen LogP contribution in [0.1, 0.15) is 45.0 Å². The number of halogens is 3. The van der Waals surface area contributed by atoms with E-state index in [4.69, 9.17) is 31.1 Å². The summed E-state index contributed by atoms with van der Waals surface area (Å²) in [5.74, 6) is -3.21. The molecule has 0 radical (unpaired) electrons. The normalized spacial score (nSPS) is 21.7. The first kappa shape index (κ1) is 27.7. The first-order valence-electron chi connectivity index (χ1n) is 12.8. The topological polar surface area (TPSA) is 103 Å². The van der Waals surface area contributed by atoms with E-state index in [1.54, 1.807) is 22.9 Å². The van der Waals surface area contributed by atoms with Crippen LogP contribution in [0.25, 0.3) is 5.57 Å². The number of allylic oxidation sites excluding steroid dienone is 2. The zero-order valence-corrected chi connectivity index (χ0v) is 24.3. The lowest BCUT2D eigenvalue weighted by Crippen LogP contribution is -2.38. The van der Waals surface area contributed by atoms with Gasteiger partial charge in [-0.1, -0.05) is 23.7 Å². The number of hydrogen-bond acceptors (Lipinski definition) is 10. The number of nitrogens with one attached hydrogen (secondary N) is 1. The quantitative estimate of drug-likeness (QED) is 0.291. The first-order valence-corrected chi connectivity index (χ1v) is 14.8. The van der Waals surface area contributed by atoms with Crippen molar-refractivity contribution in [2.24, 2.45) is 16.8 Å². The van der Waals surface area contributed by atoms with E-state index in [2.05, 4.69) is 10.3 Å². The lowest BCUT2D eigenvalue weighted by Gasteiger charge is -2.32. The molecule has 8 nitrogen and oxygen atoms in total. The first-order chi connectivity index (χ1) is 19.8. The molecule has 3 aromatic rings. The van der Waals surface area contributed by atoms with Crippen LogP contribution in [-0.2, 0) is 31.9 Å². The van der Waals surface area contributed by atoms with E-state index in [1.165, 1.54) is 31.6 Å². The minimum Gasteiger partial charge on any atom is -0.469 e. The second-order valence-corrected chi connectivity index (χ2v) is 12.1. The number of methoxy groups -OCH3 is 2. The Hall–Kier alpha value is -3.48. The molecule has 3 atom stereocenters. The smallest absolute Gasteiger partial charge is 0.338 e. The van der Waals surface area contributed by atoms with Gasteiger partial charge in [-0.05, 0) is 37.3 Å². The number of amidine groups is 1. The Morgan fingerprint density at radius 3 is 2.66 bits per heavy atom. The molecule has 0 fully saturated rings. The molecule has 6 rings (SSSR count). The number of fused-ring (bicyclic) bond motifs is 1. The predicted molar refractivity (Wildman–Crippen MR) is 151 cm³/mol.